The Kier molecular flexibility index (Phi) is 5.18. The van der Waals surface area contributed by atoms with Gasteiger partial charge in [-0.15, -0.1) is 22.7 Å². The second-order valence-electron chi connectivity index (χ2n) is 6.84. The molecule has 140 valence electrons. The first-order valence-electron chi connectivity index (χ1n) is 8.95. The Labute approximate surface area is 162 Å². The highest BCUT2D eigenvalue weighted by Crippen LogP contribution is 2.37. The van der Waals surface area contributed by atoms with E-state index in [9.17, 15) is 13.2 Å². The van der Waals surface area contributed by atoms with Gasteiger partial charge in [0.25, 0.3) is 10.0 Å². The van der Waals surface area contributed by atoms with E-state index in [4.69, 9.17) is 0 Å². The molecule has 2 aromatic heterocycles. The van der Waals surface area contributed by atoms with Gasteiger partial charge in [-0.3, -0.25) is 4.79 Å². The maximum absolute atomic E-state index is 13.2. The topological polar surface area (TPSA) is 57.7 Å². The maximum atomic E-state index is 13.2. The minimum absolute atomic E-state index is 0.118. The summed E-state index contributed by atoms with van der Waals surface area (Å²) in [6, 6.07) is 7.66. The van der Waals surface area contributed by atoms with Crippen molar-refractivity contribution in [3.05, 3.63) is 39.9 Å². The molecule has 0 aromatic carbocycles. The standard InChI is InChI=1S/C18H22N2O3S3/c21-18(20-10-2-6-15(20)16-7-3-11-24-16)14-5-1-9-19(13-14)26(22,23)17-8-4-12-25-17/h3-4,7-8,11-12,14-15H,1-2,5-6,9-10,13H2. The fourth-order valence-corrected chi connectivity index (χ4v) is 7.48. The zero-order valence-corrected chi connectivity index (χ0v) is 16.9. The van der Waals surface area contributed by atoms with Crippen LogP contribution in [0.2, 0.25) is 0 Å². The average molecular weight is 411 g/mol. The summed E-state index contributed by atoms with van der Waals surface area (Å²) in [4.78, 5) is 16.4. The number of piperidine rings is 1. The Bertz CT molecular complexity index is 846. The van der Waals surface area contributed by atoms with Crippen molar-refractivity contribution in [3.63, 3.8) is 0 Å². The summed E-state index contributed by atoms with van der Waals surface area (Å²) in [5.41, 5.74) is 0. The molecule has 5 nitrogen and oxygen atoms in total. The van der Waals surface area contributed by atoms with Crippen molar-refractivity contribution >= 4 is 38.6 Å². The molecule has 4 heterocycles. The molecule has 0 aliphatic carbocycles. The zero-order valence-electron chi connectivity index (χ0n) is 14.4. The van der Waals surface area contributed by atoms with Crippen molar-refractivity contribution in [2.24, 2.45) is 5.92 Å². The lowest BCUT2D eigenvalue weighted by molar-refractivity contribution is -0.137. The number of amides is 1. The van der Waals surface area contributed by atoms with E-state index in [1.54, 1.807) is 28.8 Å². The lowest BCUT2D eigenvalue weighted by Crippen LogP contribution is -2.46. The van der Waals surface area contributed by atoms with Crippen molar-refractivity contribution in [1.29, 1.82) is 0 Å². The molecule has 2 aromatic rings. The Morgan fingerprint density at radius 1 is 1.04 bits per heavy atom. The molecule has 2 aliphatic heterocycles. The van der Waals surface area contributed by atoms with Crippen LogP contribution in [0.15, 0.2) is 39.2 Å². The molecule has 0 N–H and O–H groups in total. The van der Waals surface area contributed by atoms with Gasteiger partial charge in [0, 0.05) is 24.5 Å². The molecule has 0 radical (unpaired) electrons. The van der Waals surface area contributed by atoms with Gasteiger partial charge in [0.15, 0.2) is 0 Å². The van der Waals surface area contributed by atoms with E-state index in [1.807, 2.05) is 16.3 Å². The third-order valence-corrected chi connectivity index (χ3v) is 9.44. The van der Waals surface area contributed by atoms with Gasteiger partial charge in [0.1, 0.15) is 4.21 Å². The molecular formula is C18H22N2O3S3. The normalized spacial score (nSPS) is 24.8. The SMILES string of the molecule is O=C(C1CCCN(S(=O)(=O)c2cccs2)C1)N1CCCC1c1cccs1. The van der Waals surface area contributed by atoms with Gasteiger partial charge >= 0.3 is 0 Å². The van der Waals surface area contributed by atoms with Crippen LogP contribution in [0.25, 0.3) is 0 Å². The van der Waals surface area contributed by atoms with E-state index in [-0.39, 0.29) is 17.9 Å². The minimum atomic E-state index is -3.48. The first kappa shape index (κ1) is 18.2. The second-order valence-corrected chi connectivity index (χ2v) is 10.9. The fraction of sp³-hybridized carbons (Fsp3) is 0.500. The number of thiophene rings is 2. The van der Waals surface area contributed by atoms with Crippen LogP contribution in [0.4, 0.5) is 0 Å². The van der Waals surface area contributed by atoms with Crippen LogP contribution < -0.4 is 0 Å². The predicted molar refractivity (Wildman–Crippen MR) is 104 cm³/mol. The third kappa shape index (κ3) is 3.35. The quantitative estimate of drug-likeness (QED) is 0.774. The van der Waals surface area contributed by atoms with Crippen LogP contribution in [0.1, 0.15) is 36.6 Å². The molecular weight excluding hydrogens is 388 g/mol. The molecule has 2 saturated heterocycles. The van der Waals surface area contributed by atoms with Gasteiger partial charge in [-0.2, -0.15) is 4.31 Å². The number of carbonyl (C=O) groups is 1. The minimum Gasteiger partial charge on any atom is -0.335 e. The van der Waals surface area contributed by atoms with Crippen LogP contribution in [-0.2, 0) is 14.8 Å². The number of sulfonamides is 1. The first-order valence-corrected chi connectivity index (χ1v) is 12.1. The smallest absolute Gasteiger partial charge is 0.252 e. The van der Waals surface area contributed by atoms with E-state index in [2.05, 4.69) is 6.07 Å². The molecule has 4 rings (SSSR count). The highest BCUT2D eigenvalue weighted by Gasteiger charge is 2.39. The van der Waals surface area contributed by atoms with Gasteiger partial charge in [-0.05, 0) is 48.6 Å². The highest BCUT2D eigenvalue weighted by atomic mass is 32.2. The van der Waals surface area contributed by atoms with E-state index in [0.717, 1.165) is 32.2 Å². The van der Waals surface area contributed by atoms with Gasteiger partial charge in [-0.25, -0.2) is 8.42 Å². The Balaban J connectivity index is 1.50. The molecule has 0 bridgehead atoms. The first-order chi connectivity index (χ1) is 12.6. The number of nitrogens with zero attached hydrogens (tertiary/aromatic N) is 2. The van der Waals surface area contributed by atoms with Crippen LogP contribution in [-0.4, -0.2) is 43.2 Å². The van der Waals surface area contributed by atoms with Gasteiger partial charge in [0.05, 0.1) is 12.0 Å². The van der Waals surface area contributed by atoms with Crippen LogP contribution in [0.3, 0.4) is 0 Å². The Hall–Kier alpha value is -1.22. The summed E-state index contributed by atoms with van der Waals surface area (Å²) in [5.74, 6) is -0.119. The number of hydrogen-bond acceptors (Lipinski definition) is 5. The third-order valence-electron chi connectivity index (χ3n) is 5.23. The van der Waals surface area contributed by atoms with Gasteiger partial charge in [-0.1, -0.05) is 12.1 Å². The monoisotopic (exact) mass is 410 g/mol. The predicted octanol–water partition coefficient (Wildman–Crippen LogP) is 3.57. The van der Waals surface area contributed by atoms with E-state index >= 15 is 0 Å². The number of carbonyl (C=O) groups excluding carboxylic acids is 1. The van der Waals surface area contributed by atoms with E-state index in [1.165, 1.54) is 20.5 Å². The molecule has 1 amide bonds. The maximum Gasteiger partial charge on any atom is 0.252 e. The van der Waals surface area contributed by atoms with Crippen molar-refractivity contribution in [2.45, 2.75) is 35.9 Å². The molecule has 8 heteroatoms. The summed E-state index contributed by atoms with van der Waals surface area (Å²) >= 11 is 2.93. The fourth-order valence-electron chi connectivity index (χ4n) is 3.94. The molecule has 2 unspecified atom stereocenters. The van der Waals surface area contributed by atoms with Crippen LogP contribution in [0, 0.1) is 5.92 Å². The molecule has 2 atom stereocenters. The lowest BCUT2D eigenvalue weighted by atomic mass is 9.97. The summed E-state index contributed by atoms with van der Waals surface area (Å²) in [6.07, 6.45) is 3.51. The van der Waals surface area contributed by atoms with Gasteiger partial charge < -0.3 is 4.90 Å². The molecule has 2 fully saturated rings. The van der Waals surface area contributed by atoms with E-state index in [0.29, 0.717) is 17.3 Å². The molecule has 0 saturated carbocycles. The lowest BCUT2D eigenvalue weighted by Gasteiger charge is -2.34. The molecule has 26 heavy (non-hydrogen) atoms. The average Bonchev–Trinajstić information content (AvgIpc) is 3.43. The Morgan fingerprint density at radius 2 is 1.81 bits per heavy atom. The van der Waals surface area contributed by atoms with Crippen molar-refractivity contribution in [2.75, 3.05) is 19.6 Å². The summed E-state index contributed by atoms with van der Waals surface area (Å²) in [5, 5.41) is 3.82. The second kappa shape index (κ2) is 7.42. The van der Waals surface area contributed by atoms with Crippen molar-refractivity contribution in [3.8, 4) is 0 Å². The number of rotatable bonds is 4. The highest BCUT2D eigenvalue weighted by molar-refractivity contribution is 7.91. The van der Waals surface area contributed by atoms with Crippen molar-refractivity contribution in [1.82, 2.24) is 9.21 Å². The van der Waals surface area contributed by atoms with Crippen LogP contribution >= 0.6 is 22.7 Å². The largest absolute Gasteiger partial charge is 0.335 e. The summed E-state index contributed by atoms with van der Waals surface area (Å²) in [7, 11) is -3.48. The summed E-state index contributed by atoms with van der Waals surface area (Å²) < 4.78 is 27.5. The zero-order chi connectivity index (χ0) is 18.1. The Morgan fingerprint density at radius 3 is 2.54 bits per heavy atom. The van der Waals surface area contributed by atoms with Crippen molar-refractivity contribution < 1.29 is 13.2 Å². The van der Waals surface area contributed by atoms with Gasteiger partial charge in [0.2, 0.25) is 5.91 Å². The number of hydrogen-bond donors (Lipinski definition) is 0. The van der Waals surface area contributed by atoms with Crippen LogP contribution in [0.5, 0.6) is 0 Å². The molecule has 2 aliphatic rings. The molecule has 0 spiro atoms. The van der Waals surface area contributed by atoms with E-state index < -0.39 is 10.0 Å². The summed E-state index contributed by atoms with van der Waals surface area (Å²) in [6.45, 7) is 1.57. The number of likely N-dealkylation sites (tertiary alicyclic amines) is 1.